The summed E-state index contributed by atoms with van der Waals surface area (Å²) in [6.07, 6.45) is 6.10. The second-order valence-electron chi connectivity index (χ2n) is 8.35. The largest absolute Gasteiger partial charge is 0.356 e. The van der Waals surface area contributed by atoms with Crippen molar-refractivity contribution in [2.45, 2.75) is 52.9 Å². The zero-order valence-corrected chi connectivity index (χ0v) is 18.9. The molecule has 2 aromatic heterocycles. The minimum atomic E-state index is -0.313. The molecule has 0 saturated carbocycles. The quantitative estimate of drug-likeness (QED) is 0.624. The van der Waals surface area contributed by atoms with E-state index in [1.807, 2.05) is 24.6 Å². The Bertz CT molecular complexity index is 1120. The molecule has 32 heavy (non-hydrogen) atoms. The Hall–Kier alpha value is -3.29. The summed E-state index contributed by atoms with van der Waals surface area (Å²) >= 11 is 0. The number of nitrogens with zero attached hydrogens (tertiary/aromatic N) is 5. The average Bonchev–Trinajstić information content (AvgIpc) is 3.08. The molecule has 0 spiro atoms. The van der Waals surface area contributed by atoms with Crippen molar-refractivity contribution in [2.24, 2.45) is 0 Å². The van der Waals surface area contributed by atoms with E-state index in [0.717, 1.165) is 41.7 Å². The van der Waals surface area contributed by atoms with E-state index < -0.39 is 0 Å². The number of anilines is 2. The van der Waals surface area contributed by atoms with Gasteiger partial charge in [-0.1, -0.05) is 0 Å². The number of nitrogens with one attached hydrogen (secondary N) is 1. The third kappa shape index (κ3) is 4.79. The third-order valence-corrected chi connectivity index (χ3v) is 6.04. The SMILES string of the molecule is Cc1cc(F)ccc1NC(=O)CCc1c(C)nn(-c2cc(N3CCCCC3)ncn2)c1C. The first-order valence-corrected chi connectivity index (χ1v) is 11.1. The van der Waals surface area contributed by atoms with Gasteiger partial charge in [0.2, 0.25) is 5.91 Å². The van der Waals surface area contributed by atoms with Gasteiger partial charge in [0.05, 0.1) is 5.69 Å². The van der Waals surface area contributed by atoms with Gasteiger partial charge in [-0.15, -0.1) is 0 Å². The van der Waals surface area contributed by atoms with Crippen molar-refractivity contribution < 1.29 is 9.18 Å². The van der Waals surface area contributed by atoms with Gasteiger partial charge >= 0.3 is 0 Å². The van der Waals surface area contributed by atoms with Gasteiger partial charge < -0.3 is 10.2 Å². The van der Waals surface area contributed by atoms with Crippen molar-refractivity contribution in [3.63, 3.8) is 0 Å². The van der Waals surface area contributed by atoms with Crippen LogP contribution in [0.4, 0.5) is 15.9 Å². The number of aryl methyl sites for hydroxylation is 2. The standard InChI is InChI=1S/C24H29FN6O/c1-16-13-19(25)7-9-21(16)28-24(32)10-8-20-17(2)29-31(18(20)3)23-14-22(26-15-27-23)30-11-5-4-6-12-30/h7,9,13-15H,4-6,8,10-12H2,1-3H3,(H,28,32). The van der Waals surface area contributed by atoms with Crippen molar-refractivity contribution in [3.05, 3.63) is 58.9 Å². The van der Waals surface area contributed by atoms with Crippen molar-refractivity contribution in [2.75, 3.05) is 23.3 Å². The van der Waals surface area contributed by atoms with Crippen LogP contribution < -0.4 is 10.2 Å². The fourth-order valence-corrected chi connectivity index (χ4v) is 4.23. The molecule has 1 amide bonds. The zero-order valence-electron chi connectivity index (χ0n) is 18.9. The molecule has 0 atom stereocenters. The predicted molar refractivity (Wildman–Crippen MR) is 123 cm³/mol. The lowest BCUT2D eigenvalue weighted by atomic mass is 10.1. The van der Waals surface area contributed by atoms with E-state index in [9.17, 15) is 9.18 Å². The summed E-state index contributed by atoms with van der Waals surface area (Å²) in [5.74, 6) is 1.24. The first-order valence-electron chi connectivity index (χ1n) is 11.1. The molecule has 7 nitrogen and oxygen atoms in total. The average molecular weight is 437 g/mol. The molecule has 8 heteroatoms. The molecule has 1 saturated heterocycles. The van der Waals surface area contributed by atoms with Crippen LogP contribution in [0.25, 0.3) is 5.82 Å². The summed E-state index contributed by atoms with van der Waals surface area (Å²) in [6, 6.07) is 6.33. The van der Waals surface area contributed by atoms with E-state index in [4.69, 9.17) is 0 Å². The molecule has 1 aliphatic rings. The number of carbonyl (C=O) groups is 1. The Morgan fingerprint density at radius 3 is 2.56 bits per heavy atom. The molecule has 1 aromatic carbocycles. The van der Waals surface area contributed by atoms with Crippen LogP contribution in [0.3, 0.4) is 0 Å². The normalized spacial score (nSPS) is 13.9. The fourth-order valence-electron chi connectivity index (χ4n) is 4.23. The highest BCUT2D eigenvalue weighted by Gasteiger charge is 2.18. The summed E-state index contributed by atoms with van der Waals surface area (Å²) in [7, 11) is 0. The molecule has 3 heterocycles. The van der Waals surface area contributed by atoms with Crippen molar-refractivity contribution >= 4 is 17.4 Å². The van der Waals surface area contributed by atoms with E-state index in [2.05, 4.69) is 25.3 Å². The van der Waals surface area contributed by atoms with Gasteiger partial charge in [-0.05, 0) is 75.8 Å². The summed E-state index contributed by atoms with van der Waals surface area (Å²) in [5.41, 5.74) is 4.22. The van der Waals surface area contributed by atoms with Gasteiger partial charge in [0, 0.05) is 37.0 Å². The van der Waals surface area contributed by atoms with Crippen LogP contribution >= 0.6 is 0 Å². The molecule has 0 bridgehead atoms. The Morgan fingerprint density at radius 1 is 1.06 bits per heavy atom. The number of rotatable bonds is 6. The topological polar surface area (TPSA) is 75.9 Å². The predicted octanol–water partition coefficient (Wildman–Crippen LogP) is 4.29. The number of carbonyl (C=O) groups excluding carboxylic acids is 1. The van der Waals surface area contributed by atoms with Crippen LogP contribution in [-0.4, -0.2) is 38.7 Å². The van der Waals surface area contributed by atoms with Crippen LogP contribution in [0.15, 0.2) is 30.6 Å². The highest BCUT2D eigenvalue weighted by Crippen LogP contribution is 2.23. The molecule has 0 radical (unpaired) electrons. The monoisotopic (exact) mass is 436 g/mol. The van der Waals surface area contributed by atoms with Crippen molar-refractivity contribution in [1.29, 1.82) is 0 Å². The second kappa shape index (κ2) is 9.46. The lowest BCUT2D eigenvalue weighted by Crippen LogP contribution is -2.30. The highest BCUT2D eigenvalue weighted by atomic mass is 19.1. The number of amides is 1. The lowest BCUT2D eigenvalue weighted by Gasteiger charge is -2.27. The second-order valence-corrected chi connectivity index (χ2v) is 8.35. The molecule has 168 valence electrons. The maximum absolute atomic E-state index is 13.3. The molecule has 1 N–H and O–H groups in total. The van der Waals surface area contributed by atoms with E-state index in [1.54, 1.807) is 19.3 Å². The van der Waals surface area contributed by atoms with Gasteiger partial charge in [0.25, 0.3) is 0 Å². The van der Waals surface area contributed by atoms with Crippen LogP contribution in [0.2, 0.25) is 0 Å². The van der Waals surface area contributed by atoms with Crippen molar-refractivity contribution in [1.82, 2.24) is 19.7 Å². The highest BCUT2D eigenvalue weighted by molar-refractivity contribution is 5.91. The minimum absolute atomic E-state index is 0.110. The number of aromatic nitrogens is 4. The number of piperidine rings is 1. The first-order chi connectivity index (χ1) is 15.4. The van der Waals surface area contributed by atoms with E-state index in [0.29, 0.717) is 24.1 Å². The van der Waals surface area contributed by atoms with Crippen LogP contribution in [-0.2, 0) is 11.2 Å². The Labute approximate surface area is 187 Å². The van der Waals surface area contributed by atoms with Gasteiger partial charge in [0.15, 0.2) is 5.82 Å². The Balaban J connectivity index is 1.47. The van der Waals surface area contributed by atoms with Gasteiger partial charge in [0.1, 0.15) is 18.0 Å². The molecule has 3 aromatic rings. The summed E-state index contributed by atoms with van der Waals surface area (Å²) in [5, 5.41) is 7.56. The summed E-state index contributed by atoms with van der Waals surface area (Å²) in [4.78, 5) is 23.7. The number of hydrogen-bond donors (Lipinski definition) is 1. The minimum Gasteiger partial charge on any atom is -0.356 e. The number of halogens is 1. The smallest absolute Gasteiger partial charge is 0.224 e. The third-order valence-electron chi connectivity index (χ3n) is 6.04. The van der Waals surface area contributed by atoms with E-state index >= 15 is 0 Å². The zero-order chi connectivity index (χ0) is 22.7. The Morgan fingerprint density at radius 2 is 1.81 bits per heavy atom. The van der Waals surface area contributed by atoms with Crippen LogP contribution in [0.1, 0.15) is 48.2 Å². The lowest BCUT2D eigenvalue weighted by molar-refractivity contribution is -0.116. The van der Waals surface area contributed by atoms with Gasteiger partial charge in [-0.25, -0.2) is 19.0 Å². The van der Waals surface area contributed by atoms with Gasteiger partial charge in [-0.3, -0.25) is 4.79 Å². The molecular formula is C24H29FN6O. The van der Waals surface area contributed by atoms with Gasteiger partial charge in [-0.2, -0.15) is 5.10 Å². The van der Waals surface area contributed by atoms with Crippen LogP contribution in [0, 0.1) is 26.6 Å². The van der Waals surface area contributed by atoms with Crippen LogP contribution in [0.5, 0.6) is 0 Å². The summed E-state index contributed by atoms with van der Waals surface area (Å²) in [6.45, 7) is 7.76. The first kappa shape index (κ1) is 21.9. The van der Waals surface area contributed by atoms with E-state index in [1.165, 1.54) is 31.4 Å². The molecular weight excluding hydrogens is 407 g/mol. The maximum atomic E-state index is 13.3. The summed E-state index contributed by atoms with van der Waals surface area (Å²) < 4.78 is 15.1. The number of hydrogen-bond acceptors (Lipinski definition) is 5. The van der Waals surface area contributed by atoms with E-state index in [-0.39, 0.29) is 11.7 Å². The van der Waals surface area contributed by atoms with Crippen molar-refractivity contribution in [3.8, 4) is 5.82 Å². The number of benzene rings is 1. The fraction of sp³-hybridized carbons (Fsp3) is 0.417. The molecule has 1 fully saturated rings. The maximum Gasteiger partial charge on any atom is 0.224 e. The molecule has 0 unspecified atom stereocenters. The molecule has 0 aliphatic carbocycles. The Kier molecular flexibility index (Phi) is 6.48. The molecule has 1 aliphatic heterocycles. The molecule has 4 rings (SSSR count).